The van der Waals surface area contributed by atoms with Crippen molar-refractivity contribution in [3.05, 3.63) is 291 Å². The van der Waals surface area contributed by atoms with Crippen molar-refractivity contribution in [3.63, 3.8) is 0 Å². The maximum Gasteiger partial charge on any atom is 0.252 e. The number of hydrogen-bond donors (Lipinski definition) is 3. The number of benzene rings is 4. The number of ketones is 4. The molecule has 9 aliphatic rings. The fraction of sp³-hybridized carbons (Fsp3) is 0.357. The number of aryl methyl sites for hydroxylation is 4. The first kappa shape index (κ1) is 92.1. The Morgan fingerprint density at radius 1 is 0.419 bits per heavy atom. The molecule has 8 aromatic heterocycles. The molecule has 688 valence electrons. The van der Waals surface area contributed by atoms with Crippen LogP contribution in [0.25, 0.3) is 95.1 Å². The summed E-state index contributed by atoms with van der Waals surface area (Å²) in [6.07, 6.45) is 26.9. The number of Topliss-reactive ketones (excluding diaryl/α,β-unsaturated/α-hetero) is 4. The third-order valence-corrected chi connectivity index (χ3v) is 30.9. The molecule has 0 aliphatic heterocycles. The van der Waals surface area contributed by atoms with Crippen LogP contribution in [0.3, 0.4) is 0 Å². The zero-order valence-electron chi connectivity index (χ0n) is 79.0. The van der Waals surface area contributed by atoms with Crippen LogP contribution < -0.4 is 21.9 Å². The van der Waals surface area contributed by atoms with Gasteiger partial charge < -0.3 is 26.7 Å². The van der Waals surface area contributed by atoms with Gasteiger partial charge in [-0.3, -0.25) is 48.7 Å². The van der Waals surface area contributed by atoms with E-state index in [1.165, 1.54) is 30.4 Å². The van der Waals surface area contributed by atoms with Crippen molar-refractivity contribution in [2.24, 2.45) is 70.5 Å². The lowest BCUT2D eigenvalue weighted by molar-refractivity contribution is -0.142. The molecule has 0 saturated heterocycles. The monoisotopic (exact) mass is 1810 g/mol. The number of carbonyl (C=O) groups is 7. The number of fused-ring (bicyclic) bond motifs is 13. The molecule has 2 fully saturated rings. The van der Waals surface area contributed by atoms with Crippen LogP contribution in [0, 0.1) is 87.5 Å². The molecule has 4 aromatic carbocycles. The van der Waals surface area contributed by atoms with E-state index in [2.05, 4.69) is 115 Å². The van der Waals surface area contributed by atoms with Gasteiger partial charge in [0, 0.05) is 154 Å². The van der Waals surface area contributed by atoms with Gasteiger partial charge in [-0.15, -0.1) is 0 Å². The van der Waals surface area contributed by atoms with Gasteiger partial charge in [0.2, 0.25) is 17.5 Å². The number of para-hydroxylation sites is 1. The molecule has 24 nitrogen and oxygen atoms in total. The van der Waals surface area contributed by atoms with Crippen molar-refractivity contribution in [3.8, 4) is 85.2 Å². The maximum atomic E-state index is 13.0. The molecule has 13 atom stereocenters. The summed E-state index contributed by atoms with van der Waals surface area (Å²) in [6.45, 7) is 31.8. The van der Waals surface area contributed by atoms with Gasteiger partial charge in [0.25, 0.3) is 11.8 Å². The summed E-state index contributed by atoms with van der Waals surface area (Å²) in [5.41, 5.74) is 37.4. The predicted octanol–water partition coefficient (Wildman–Crippen LogP) is 18.5. The van der Waals surface area contributed by atoms with Gasteiger partial charge in [-0.25, -0.2) is 39.7 Å². The molecule has 2 saturated carbocycles. The summed E-state index contributed by atoms with van der Waals surface area (Å²) >= 11 is 0. The smallest absolute Gasteiger partial charge is 0.252 e. The Balaban J connectivity index is 0.000000121. The Bertz CT molecular complexity index is 7000. The minimum atomic E-state index is -0.786. The fourth-order valence-electron chi connectivity index (χ4n) is 23.6. The molecule has 136 heavy (non-hydrogen) atoms. The Morgan fingerprint density at radius 3 is 1.36 bits per heavy atom. The number of amides is 3. The third-order valence-electron chi connectivity index (χ3n) is 30.9. The summed E-state index contributed by atoms with van der Waals surface area (Å²) in [5, 5.41) is 0.991. The molecule has 0 spiro atoms. The van der Waals surface area contributed by atoms with Gasteiger partial charge in [0.1, 0.15) is 11.9 Å². The number of allylic oxidation sites excluding steroid dienone is 4. The van der Waals surface area contributed by atoms with Crippen molar-refractivity contribution in [1.82, 2.24) is 59.8 Å². The minimum Gasteiger partial charge on any atom is -0.474 e. The van der Waals surface area contributed by atoms with Gasteiger partial charge in [-0.05, 0) is 183 Å². The lowest BCUT2D eigenvalue weighted by Gasteiger charge is -2.50. The second kappa shape index (κ2) is 36.8. The number of primary amides is 3. The standard InChI is InChI=1S/C30H30N4O2.C28H30N4O2.C28H28N4O2.C26H24N4O2/c1-18-23-14-13-22-27(30(23,2)17-25(31-3)26(18)35)33-28(34-29(22)36-19-9-5-4-6-10-19)21-15-16-32-24-12-8-7-11-20(21)24;2*1-15-5-7-18(8-6-15)23-20-9-10-22-17(3)24(33)21(26(29)34)14-28(22,4)25(20)32-27(31-23)19-11-12-30-16(2)13-19;1-15-20-9-8-18-21(16-6-4-3-5-7-16)29-25(17-10-12-28-13-11-17)30-23(18)26(20,2)14-19(22(15)31)24(27)32/h7-8,11-12,15-19,23H,4-6,9-10,13-14H2,1-2H3;5-8,11-13,17,21-22H,9-10,14H2,1-4H3,(H2,29,34);5-8,11-14,17,22H,9-10H2,1-4H3,(H2,29,34);3-7,10-15,20H,8-9H2,1-2H3,(H2,27,32)/t18-,23-,30-;17-,21?,22-,28-;17-,22-,28-;15-,20-,26-/m1111/s1. The highest BCUT2D eigenvalue weighted by Crippen LogP contribution is 2.58. The average Bonchev–Trinajstić information content (AvgIpc) is 0.724. The van der Waals surface area contributed by atoms with Gasteiger partial charge in [0.05, 0.1) is 69.0 Å². The van der Waals surface area contributed by atoms with Gasteiger partial charge in [-0.2, -0.15) is 4.98 Å². The molecular weight excluding hydrogens is 1700 g/mol. The zero-order valence-corrected chi connectivity index (χ0v) is 79.0. The van der Waals surface area contributed by atoms with Gasteiger partial charge in [-0.1, -0.05) is 188 Å². The highest BCUT2D eigenvalue weighted by molar-refractivity contribution is 6.21. The number of hydrogen-bond acceptors (Lipinski definition) is 20. The van der Waals surface area contributed by atoms with Crippen LogP contribution in [0.15, 0.2) is 212 Å². The van der Waals surface area contributed by atoms with Crippen LogP contribution >= 0.6 is 0 Å². The van der Waals surface area contributed by atoms with E-state index in [0.717, 1.165) is 188 Å². The Morgan fingerprint density at radius 2 is 0.853 bits per heavy atom. The number of ether oxygens (including phenoxy) is 1. The third kappa shape index (κ3) is 16.8. The van der Waals surface area contributed by atoms with E-state index >= 15 is 0 Å². The van der Waals surface area contributed by atoms with E-state index in [1.807, 2.05) is 145 Å². The Labute approximate surface area is 792 Å². The van der Waals surface area contributed by atoms with E-state index in [0.29, 0.717) is 35.6 Å². The summed E-state index contributed by atoms with van der Waals surface area (Å²) in [5.74, 6) is -0.790. The lowest BCUT2D eigenvalue weighted by Crippen LogP contribution is -2.53. The van der Waals surface area contributed by atoms with E-state index in [-0.39, 0.29) is 93.4 Å². The maximum absolute atomic E-state index is 13.0. The molecule has 3 amide bonds. The molecule has 12 aromatic rings. The number of nitrogens with two attached hydrogens (primary N) is 3. The summed E-state index contributed by atoms with van der Waals surface area (Å²) < 4.78 is 6.64. The predicted molar refractivity (Wildman–Crippen MR) is 521 cm³/mol. The quantitative estimate of drug-likeness (QED) is 0.0581. The van der Waals surface area contributed by atoms with Crippen molar-refractivity contribution >= 4 is 51.8 Å². The van der Waals surface area contributed by atoms with Crippen LogP contribution in [0.4, 0.5) is 0 Å². The van der Waals surface area contributed by atoms with Crippen LogP contribution in [0.2, 0.25) is 0 Å². The van der Waals surface area contributed by atoms with Crippen molar-refractivity contribution in [1.29, 1.82) is 0 Å². The topological polar surface area (TPSA) is 366 Å². The van der Waals surface area contributed by atoms with Crippen molar-refractivity contribution in [2.75, 3.05) is 0 Å². The largest absolute Gasteiger partial charge is 0.474 e. The van der Waals surface area contributed by atoms with Gasteiger partial charge in [0.15, 0.2) is 40.6 Å². The lowest BCUT2D eigenvalue weighted by atomic mass is 9.53. The second-order valence-electron chi connectivity index (χ2n) is 39.4. The number of rotatable bonds is 12. The Hall–Kier alpha value is -14.3. The first-order chi connectivity index (χ1) is 65.3. The zero-order chi connectivity index (χ0) is 95.7. The molecule has 21 rings (SSSR count). The first-order valence-electron chi connectivity index (χ1n) is 47.5. The van der Waals surface area contributed by atoms with Crippen LogP contribution in [-0.4, -0.2) is 107 Å². The summed E-state index contributed by atoms with van der Waals surface area (Å²) in [7, 11) is 0. The van der Waals surface area contributed by atoms with Crippen molar-refractivity contribution in [2.45, 2.75) is 201 Å². The molecule has 0 bridgehead atoms. The fourth-order valence-corrected chi connectivity index (χ4v) is 23.6. The van der Waals surface area contributed by atoms with Crippen molar-refractivity contribution < 1.29 is 38.3 Å². The molecule has 24 heteroatoms. The summed E-state index contributed by atoms with van der Waals surface area (Å²) in [6, 6.07) is 48.4. The Kier molecular flexibility index (Phi) is 24.9. The van der Waals surface area contributed by atoms with E-state index in [9.17, 15) is 33.6 Å². The molecule has 1 unspecified atom stereocenters. The highest BCUT2D eigenvalue weighted by Gasteiger charge is 2.57. The van der Waals surface area contributed by atoms with E-state index < -0.39 is 45.3 Å². The van der Waals surface area contributed by atoms with Crippen LogP contribution in [0.1, 0.15) is 187 Å². The van der Waals surface area contributed by atoms with Crippen LogP contribution in [0.5, 0.6) is 5.88 Å². The number of aromatic nitrogens is 12. The number of pyridine rings is 4. The average molecular weight is 1810 g/mol. The van der Waals surface area contributed by atoms with Gasteiger partial charge >= 0.3 is 0 Å². The highest BCUT2D eigenvalue weighted by atomic mass is 16.5. The number of nitrogens with zero attached hydrogens (tertiary/aromatic N) is 13. The van der Waals surface area contributed by atoms with E-state index in [4.69, 9.17) is 68.4 Å². The SMILES string of the molecule is C[C@H]1C(=O)C(C(N)=O)=C[C@@]2(C)c3nc(-c4ccncc4)nc(-c4ccccc4)c3CC[C@H]12.Cc1ccc(-c2nc(-c3ccnc(C)c3)nc3c2CC[C@@H]2[C@@H](C)C(=O)C(C(N)=O)=C[C@@]32C)cc1.Cc1ccc(-c2nc(-c3ccnc(C)c3)nc3c2CC[C@@H]2[C@@H](C)C(=O)C(C(N)=O)C[C@@]32C)cc1.[C-]#[N+]C1=C[C@@]2(C)c3nc(-c4ccnc5ccccc45)nc(OC4CCCCC4)c3CC[C@@H]2[C@@H](C)C1=O. The molecule has 8 heterocycles. The first-order valence-corrected chi connectivity index (χ1v) is 47.5. The molecule has 9 aliphatic carbocycles. The molecule has 6 N–H and O–H groups in total. The molecule has 0 radical (unpaired) electrons. The number of carbonyl (C=O) groups excluding carboxylic acids is 7. The molecular formula is C112H112N16O8. The minimum absolute atomic E-state index is 0.0309. The van der Waals surface area contributed by atoms with E-state index in [1.54, 1.807) is 43.1 Å². The van der Waals surface area contributed by atoms with Crippen LogP contribution in [-0.2, 0) is 80.9 Å². The second-order valence-corrected chi connectivity index (χ2v) is 39.4. The summed E-state index contributed by atoms with van der Waals surface area (Å²) in [4.78, 5) is 150. The normalized spacial score (nSPS) is 25.0.